The van der Waals surface area contributed by atoms with Crippen molar-refractivity contribution in [2.75, 3.05) is 54.1 Å². The van der Waals surface area contributed by atoms with Gasteiger partial charge in [0, 0.05) is 13.0 Å². The molecule has 2 atom stereocenters. The third kappa shape index (κ3) is 34.8. The van der Waals surface area contributed by atoms with E-state index in [4.69, 9.17) is 18.5 Å². The van der Waals surface area contributed by atoms with Crippen LogP contribution in [0.25, 0.3) is 0 Å². The van der Waals surface area contributed by atoms with Gasteiger partial charge in [-0.2, -0.15) is 0 Å². The monoisotopic (exact) mass is 678 g/mol. The molecule has 0 radical (unpaired) electrons. The van der Waals surface area contributed by atoms with E-state index in [0.717, 1.165) is 32.1 Å². The Morgan fingerprint density at radius 1 is 0.587 bits per heavy atom. The van der Waals surface area contributed by atoms with Gasteiger partial charge >= 0.3 is 5.97 Å². The SMILES string of the molecule is CCCCCCCCCCCCCCCCOC[C@H](COP(=O)([O-])OCC[N+](C)(C)C)OC(=O)CCCCCCCCCCCC. The van der Waals surface area contributed by atoms with Crippen LogP contribution in [0.5, 0.6) is 0 Å². The standard InChI is InChI=1S/C37H76NO7P/c1-6-8-10-12-14-16-18-19-20-21-23-25-27-29-32-42-34-36(35-44-46(40,41)43-33-31-38(3,4)5)45-37(39)30-28-26-24-22-17-15-13-11-9-7-2/h36H,6-35H2,1-5H3/t36-/m1/s1. The predicted molar refractivity (Wildman–Crippen MR) is 190 cm³/mol. The number of quaternary nitrogens is 1. The second kappa shape index (κ2) is 31.7. The van der Waals surface area contributed by atoms with Gasteiger partial charge in [0.2, 0.25) is 0 Å². The molecule has 0 saturated carbocycles. The van der Waals surface area contributed by atoms with Crippen molar-refractivity contribution in [3.05, 3.63) is 0 Å². The normalized spacial score (nSPS) is 14.0. The maximum atomic E-state index is 12.6. The number of ether oxygens (including phenoxy) is 2. The van der Waals surface area contributed by atoms with E-state index in [1.807, 2.05) is 21.1 Å². The first-order chi connectivity index (χ1) is 22.1. The number of phosphoric acid groups is 1. The number of likely N-dealkylation sites (N-methyl/N-ethyl adjacent to an activating group) is 1. The van der Waals surface area contributed by atoms with Crippen LogP contribution in [0.1, 0.15) is 174 Å². The number of rotatable bonds is 36. The van der Waals surface area contributed by atoms with E-state index < -0.39 is 13.9 Å². The van der Waals surface area contributed by atoms with E-state index in [0.29, 0.717) is 24.1 Å². The van der Waals surface area contributed by atoms with Crippen LogP contribution in [0.3, 0.4) is 0 Å². The van der Waals surface area contributed by atoms with Crippen molar-refractivity contribution in [3.8, 4) is 0 Å². The van der Waals surface area contributed by atoms with Gasteiger partial charge in [-0.25, -0.2) is 0 Å². The number of carbonyl (C=O) groups excluding carboxylic acids is 1. The van der Waals surface area contributed by atoms with Gasteiger partial charge in [-0.3, -0.25) is 9.36 Å². The fraction of sp³-hybridized carbons (Fsp3) is 0.973. The largest absolute Gasteiger partial charge is 0.756 e. The fourth-order valence-electron chi connectivity index (χ4n) is 5.37. The highest BCUT2D eigenvalue weighted by atomic mass is 31.2. The molecule has 0 heterocycles. The number of phosphoric ester groups is 1. The molecule has 0 aliphatic heterocycles. The molecular formula is C37H76NO7P. The Balaban J connectivity index is 4.25. The summed E-state index contributed by atoms with van der Waals surface area (Å²) in [6.45, 7) is 5.43. The second-order valence-electron chi connectivity index (χ2n) is 14.3. The molecule has 0 aromatic rings. The fourth-order valence-corrected chi connectivity index (χ4v) is 6.10. The molecule has 0 bridgehead atoms. The van der Waals surface area contributed by atoms with Crippen LogP contribution in [-0.4, -0.2) is 70.7 Å². The summed E-state index contributed by atoms with van der Waals surface area (Å²) in [4.78, 5) is 24.8. The Labute approximate surface area is 285 Å². The van der Waals surface area contributed by atoms with Crippen molar-refractivity contribution in [1.82, 2.24) is 0 Å². The van der Waals surface area contributed by atoms with Crippen molar-refractivity contribution in [2.45, 2.75) is 180 Å². The average Bonchev–Trinajstić information content (AvgIpc) is 2.99. The summed E-state index contributed by atoms with van der Waals surface area (Å²) < 4.78 is 34.4. The third-order valence-electron chi connectivity index (χ3n) is 8.41. The van der Waals surface area contributed by atoms with E-state index in [1.54, 1.807) is 0 Å². The molecule has 8 nitrogen and oxygen atoms in total. The van der Waals surface area contributed by atoms with E-state index in [1.165, 1.54) is 122 Å². The molecule has 9 heteroatoms. The first-order valence-electron chi connectivity index (χ1n) is 19.3. The van der Waals surface area contributed by atoms with Gasteiger partial charge in [0.25, 0.3) is 7.82 Å². The zero-order valence-corrected chi connectivity index (χ0v) is 31.9. The second-order valence-corrected chi connectivity index (χ2v) is 15.7. The number of hydrogen-bond donors (Lipinski definition) is 0. The lowest BCUT2D eigenvalue weighted by Crippen LogP contribution is -2.37. The minimum absolute atomic E-state index is 0.0309. The zero-order chi connectivity index (χ0) is 34.2. The Kier molecular flexibility index (Phi) is 31.4. The number of unbranched alkanes of at least 4 members (excludes halogenated alkanes) is 22. The van der Waals surface area contributed by atoms with Crippen molar-refractivity contribution in [1.29, 1.82) is 0 Å². The molecule has 0 aliphatic rings. The molecule has 0 spiro atoms. The highest BCUT2D eigenvalue weighted by molar-refractivity contribution is 7.45. The smallest absolute Gasteiger partial charge is 0.306 e. The Hall–Kier alpha value is -0.500. The Morgan fingerprint density at radius 3 is 1.43 bits per heavy atom. The lowest BCUT2D eigenvalue weighted by Gasteiger charge is -2.28. The Morgan fingerprint density at radius 2 is 1.00 bits per heavy atom. The van der Waals surface area contributed by atoms with Gasteiger partial charge in [0.05, 0.1) is 34.4 Å². The molecular weight excluding hydrogens is 601 g/mol. The van der Waals surface area contributed by atoms with E-state index in [2.05, 4.69) is 13.8 Å². The van der Waals surface area contributed by atoms with Crippen LogP contribution in [-0.2, 0) is 27.9 Å². The summed E-state index contributed by atoms with van der Waals surface area (Å²) in [6, 6.07) is 0. The summed E-state index contributed by atoms with van der Waals surface area (Å²) in [5, 5.41) is 0. The highest BCUT2D eigenvalue weighted by Gasteiger charge is 2.20. The first kappa shape index (κ1) is 45.5. The molecule has 0 aromatic heterocycles. The molecule has 0 N–H and O–H groups in total. The van der Waals surface area contributed by atoms with Crippen molar-refractivity contribution >= 4 is 13.8 Å². The van der Waals surface area contributed by atoms with Crippen LogP contribution in [0, 0.1) is 0 Å². The van der Waals surface area contributed by atoms with Gasteiger partial charge in [-0.05, 0) is 12.8 Å². The van der Waals surface area contributed by atoms with E-state index in [9.17, 15) is 14.3 Å². The van der Waals surface area contributed by atoms with Crippen LogP contribution in [0.2, 0.25) is 0 Å². The van der Waals surface area contributed by atoms with E-state index in [-0.39, 0.29) is 25.8 Å². The Bertz CT molecular complexity index is 716. The van der Waals surface area contributed by atoms with Gasteiger partial charge < -0.3 is 27.9 Å². The molecule has 0 fully saturated rings. The van der Waals surface area contributed by atoms with E-state index >= 15 is 0 Å². The van der Waals surface area contributed by atoms with Crippen molar-refractivity contribution < 1.29 is 37.3 Å². The molecule has 276 valence electrons. The number of nitrogens with zero attached hydrogens (tertiary/aromatic N) is 1. The van der Waals surface area contributed by atoms with Gasteiger partial charge in [0.1, 0.15) is 19.3 Å². The molecule has 0 aliphatic carbocycles. The number of carbonyl (C=O) groups is 1. The number of esters is 1. The van der Waals surface area contributed by atoms with Crippen molar-refractivity contribution in [3.63, 3.8) is 0 Å². The maximum Gasteiger partial charge on any atom is 0.306 e. The van der Waals surface area contributed by atoms with Gasteiger partial charge in [-0.1, -0.05) is 155 Å². The molecule has 0 rings (SSSR count). The zero-order valence-electron chi connectivity index (χ0n) is 31.0. The highest BCUT2D eigenvalue weighted by Crippen LogP contribution is 2.38. The lowest BCUT2D eigenvalue weighted by molar-refractivity contribution is -0.870. The summed E-state index contributed by atoms with van der Waals surface area (Å²) >= 11 is 0. The molecule has 0 aromatic carbocycles. The summed E-state index contributed by atoms with van der Waals surface area (Å²) in [5.41, 5.74) is 0. The summed E-state index contributed by atoms with van der Waals surface area (Å²) in [5.74, 6) is -0.333. The van der Waals surface area contributed by atoms with Crippen LogP contribution in [0.15, 0.2) is 0 Å². The van der Waals surface area contributed by atoms with Crippen molar-refractivity contribution in [2.24, 2.45) is 0 Å². The summed E-state index contributed by atoms with van der Waals surface area (Å²) in [6.07, 6.45) is 29.6. The van der Waals surface area contributed by atoms with Gasteiger partial charge in [-0.15, -0.1) is 0 Å². The molecule has 46 heavy (non-hydrogen) atoms. The number of hydrogen-bond acceptors (Lipinski definition) is 7. The first-order valence-corrected chi connectivity index (χ1v) is 20.7. The maximum absolute atomic E-state index is 12.6. The predicted octanol–water partition coefficient (Wildman–Crippen LogP) is 9.91. The molecule has 0 amide bonds. The lowest BCUT2D eigenvalue weighted by atomic mass is 10.0. The van der Waals surface area contributed by atoms with Crippen LogP contribution in [0.4, 0.5) is 0 Å². The third-order valence-corrected chi connectivity index (χ3v) is 9.37. The topological polar surface area (TPSA) is 94.1 Å². The van der Waals surface area contributed by atoms with Crippen LogP contribution >= 0.6 is 7.82 Å². The molecule has 1 unspecified atom stereocenters. The van der Waals surface area contributed by atoms with Gasteiger partial charge in [0.15, 0.2) is 0 Å². The van der Waals surface area contributed by atoms with Crippen LogP contribution < -0.4 is 4.89 Å². The minimum Gasteiger partial charge on any atom is -0.756 e. The minimum atomic E-state index is -4.51. The average molecular weight is 678 g/mol. The molecule has 0 saturated heterocycles. The summed E-state index contributed by atoms with van der Waals surface area (Å²) in [7, 11) is 1.37. The quantitative estimate of drug-likeness (QED) is 0.0282.